The van der Waals surface area contributed by atoms with Crippen molar-refractivity contribution in [3.8, 4) is 0 Å². The summed E-state index contributed by atoms with van der Waals surface area (Å²) in [5, 5.41) is 0. The van der Waals surface area contributed by atoms with E-state index in [9.17, 15) is 9.59 Å². The van der Waals surface area contributed by atoms with Gasteiger partial charge in [0, 0.05) is 0 Å². The van der Waals surface area contributed by atoms with E-state index >= 15 is 0 Å². The van der Waals surface area contributed by atoms with Gasteiger partial charge in [-0.1, -0.05) is 0 Å². The minimum absolute atomic E-state index is 0.278. The van der Waals surface area contributed by atoms with Crippen LogP contribution in [0.5, 0.6) is 0 Å². The van der Waals surface area contributed by atoms with Gasteiger partial charge in [-0.3, -0.25) is 0 Å². The summed E-state index contributed by atoms with van der Waals surface area (Å²) in [5.74, 6) is -0.556. The first-order chi connectivity index (χ1) is 4.66. The Labute approximate surface area is 60.0 Å². The first-order valence-corrected chi connectivity index (χ1v) is 2.83. The van der Waals surface area contributed by atoms with Gasteiger partial charge >= 0.3 is 59.1 Å². The summed E-state index contributed by atoms with van der Waals surface area (Å²) in [4.78, 5) is 22.7. The van der Waals surface area contributed by atoms with E-state index in [2.05, 4.69) is 7.37 Å². The van der Waals surface area contributed by atoms with Crippen molar-refractivity contribution in [3.05, 3.63) is 11.5 Å². The summed E-state index contributed by atoms with van der Waals surface area (Å²) in [7, 11) is 4.84. The molecule has 0 atom stereocenters. The number of likely N-dealkylation sites (N-methyl/N-ethyl adjacent to an activating group) is 1. The van der Waals surface area contributed by atoms with E-state index in [0.29, 0.717) is 5.47 Å². The molecule has 3 nitrogen and oxygen atoms in total. The van der Waals surface area contributed by atoms with Crippen molar-refractivity contribution >= 4 is 26.0 Å². The molecule has 2 amide bonds. The Morgan fingerprint density at radius 3 is 2.40 bits per heavy atom. The van der Waals surface area contributed by atoms with Crippen molar-refractivity contribution in [2.24, 2.45) is 0 Å². The number of hydrogen-bond donors (Lipinski definition) is 0. The van der Waals surface area contributed by atoms with Gasteiger partial charge in [0.15, 0.2) is 0 Å². The Bertz CT molecular complexity index is 246. The molecule has 0 fully saturated rings. The number of hydrogen-bond acceptors (Lipinski definition) is 2. The molecule has 1 aliphatic heterocycles. The van der Waals surface area contributed by atoms with Crippen LogP contribution in [0.25, 0.3) is 0 Å². The van der Waals surface area contributed by atoms with Gasteiger partial charge in [-0.2, -0.15) is 0 Å². The molecule has 10 heavy (non-hydrogen) atoms. The second-order valence-electron chi connectivity index (χ2n) is 2.01. The Hall–Kier alpha value is -0.990. The van der Waals surface area contributed by atoms with E-state index in [0.717, 1.165) is 4.90 Å². The van der Waals surface area contributed by atoms with Gasteiger partial charge in [-0.05, 0) is 0 Å². The molecule has 0 saturated carbocycles. The molecular weight excluding hydrogens is 128 g/mol. The summed E-state index contributed by atoms with van der Waals surface area (Å²) in [6.45, 7) is 1.38. The average Bonchev–Trinajstić information content (AvgIpc) is 2.17. The van der Waals surface area contributed by atoms with Crippen molar-refractivity contribution in [1.29, 1.82) is 0 Å². The number of carbonyl (C=O) groups excluding carboxylic acids is 2. The fourth-order valence-electron chi connectivity index (χ4n) is 0.732. The van der Waals surface area contributed by atoms with Gasteiger partial charge in [0.2, 0.25) is 0 Å². The van der Waals surface area contributed by atoms with Crippen molar-refractivity contribution in [3.63, 3.8) is 0 Å². The molecule has 0 unspecified atom stereocenters. The van der Waals surface area contributed by atoms with Crippen LogP contribution in [0, 0.1) is 0 Å². The molecule has 0 bridgehead atoms. The molecule has 0 saturated heterocycles. The van der Waals surface area contributed by atoms with Gasteiger partial charge in [0.1, 0.15) is 0 Å². The Balaban J connectivity index is 2.99. The van der Waals surface area contributed by atoms with Gasteiger partial charge in [-0.15, -0.1) is 0 Å². The summed E-state index contributed by atoms with van der Waals surface area (Å²) >= 11 is 0. The molecule has 1 heterocycles. The molecule has 1 aliphatic rings. The molecule has 0 aromatic carbocycles. The second kappa shape index (κ2) is 2.33. The number of imide groups is 1. The van der Waals surface area contributed by atoms with Crippen LogP contribution in [0.15, 0.2) is 11.5 Å². The molecule has 5 heteroatoms. The maximum absolute atomic E-state index is 10.9. The van der Waals surface area contributed by atoms with Crippen molar-refractivity contribution in [2.75, 3.05) is 7.05 Å². The van der Waals surface area contributed by atoms with Crippen LogP contribution in [0.4, 0.5) is 0 Å². The quantitative estimate of drug-likeness (QED) is 0.318. The standard InChI is InChI=1S/C5H5B2NO2/c1-8-4(9)2-3(7-6)5(8)10/h2,6H,1H3. The van der Waals surface area contributed by atoms with E-state index in [1.165, 1.54) is 19.9 Å². The minimum atomic E-state index is -0.278. The zero-order valence-electron chi connectivity index (χ0n) is 5.63. The molecule has 0 aromatic heterocycles. The van der Waals surface area contributed by atoms with E-state index in [-0.39, 0.29) is 11.8 Å². The fraction of sp³-hybridized carbons (Fsp3) is 0.200. The molecular formula is C5H5B2NO2. The Morgan fingerprint density at radius 1 is 1.60 bits per heavy atom. The normalized spacial score (nSPS) is 17.2. The van der Waals surface area contributed by atoms with Crippen molar-refractivity contribution in [1.82, 2.24) is 4.90 Å². The van der Waals surface area contributed by atoms with E-state index in [1.807, 2.05) is 0 Å². The van der Waals surface area contributed by atoms with E-state index in [1.54, 1.807) is 0 Å². The van der Waals surface area contributed by atoms with E-state index < -0.39 is 0 Å². The molecule has 0 N–H and O–H groups in total. The van der Waals surface area contributed by atoms with Crippen molar-refractivity contribution in [2.45, 2.75) is 0 Å². The Kier molecular flexibility index (Phi) is 1.66. The van der Waals surface area contributed by atoms with Gasteiger partial charge < -0.3 is 0 Å². The topological polar surface area (TPSA) is 37.4 Å². The molecule has 0 aromatic rings. The second-order valence-corrected chi connectivity index (χ2v) is 2.01. The number of rotatable bonds is 1. The van der Waals surface area contributed by atoms with Gasteiger partial charge in [0.05, 0.1) is 0 Å². The van der Waals surface area contributed by atoms with Crippen LogP contribution in [-0.4, -0.2) is 37.9 Å². The molecule has 48 valence electrons. The van der Waals surface area contributed by atoms with E-state index in [4.69, 9.17) is 0 Å². The Morgan fingerprint density at radius 2 is 2.20 bits per heavy atom. The van der Waals surface area contributed by atoms with Crippen LogP contribution in [0.2, 0.25) is 0 Å². The SMILES string of the molecule is B=BC1=CC(=O)N(C)C1=O. The maximum atomic E-state index is 10.9. The molecule has 1 rings (SSSR count). The first kappa shape index (κ1) is 7.12. The first-order valence-electron chi connectivity index (χ1n) is 2.83. The third-order valence-corrected chi connectivity index (χ3v) is 1.38. The predicted molar refractivity (Wildman–Crippen MR) is 38.8 cm³/mol. The van der Waals surface area contributed by atoms with Crippen LogP contribution in [0.3, 0.4) is 0 Å². The fourth-order valence-corrected chi connectivity index (χ4v) is 0.732. The predicted octanol–water partition coefficient (Wildman–Crippen LogP) is -1.61. The monoisotopic (exact) mass is 133 g/mol. The molecule has 0 radical (unpaired) electrons. The van der Waals surface area contributed by atoms with Crippen LogP contribution >= 0.6 is 0 Å². The number of amides is 2. The van der Waals surface area contributed by atoms with Gasteiger partial charge in [0.25, 0.3) is 0 Å². The van der Waals surface area contributed by atoms with Crippen LogP contribution < -0.4 is 0 Å². The summed E-state index contributed by atoms with van der Waals surface area (Å²) < 4.78 is 0. The molecule has 0 spiro atoms. The summed E-state index contributed by atoms with van der Waals surface area (Å²) in [6, 6.07) is 0. The van der Waals surface area contributed by atoms with Gasteiger partial charge in [-0.25, -0.2) is 0 Å². The average molecular weight is 133 g/mol. The zero-order chi connectivity index (χ0) is 7.72. The molecule has 0 aliphatic carbocycles. The van der Waals surface area contributed by atoms with Crippen LogP contribution in [0.1, 0.15) is 0 Å². The number of nitrogens with zero attached hydrogens (tertiary/aromatic N) is 1. The van der Waals surface area contributed by atoms with Crippen molar-refractivity contribution < 1.29 is 9.59 Å². The number of carbonyl (C=O) groups is 2. The summed E-state index contributed by atoms with van der Waals surface area (Å²) in [6.07, 6.45) is 1.27. The van der Waals surface area contributed by atoms with Crippen LogP contribution in [-0.2, 0) is 9.59 Å². The third kappa shape index (κ3) is 0.875. The zero-order valence-corrected chi connectivity index (χ0v) is 5.63. The summed E-state index contributed by atoms with van der Waals surface area (Å²) in [5.41, 5.74) is 0.368. The third-order valence-electron chi connectivity index (χ3n) is 1.38.